The van der Waals surface area contributed by atoms with Crippen LogP contribution in [0.4, 0.5) is 5.82 Å². The van der Waals surface area contributed by atoms with Crippen LogP contribution in [0.15, 0.2) is 6.07 Å². The highest BCUT2D eigenvalue weighted by Gasteiger charge is 2.34. The van der Waals surface area contributed by atoms with E-state index in [0.717, 1.165) is 63.6 Å². The van der Waals surface area contributed by atoms with E-state index in [1.165, 1.54) is 0 Å². The molecule has 1 aromatic heterocycles. The van der Waals surface area contributed by atoms with Gasteiger partial charge in [0.05, 0.1) is 12.0 Å². The molecular formula is C16H26N4O2. The lowest BCUT2D eigenvalue weighted by molar-refractivity contribution is -0.145. The molecule has 0 radical (unpaired) electrons. The van der Waals surface area contributed by atoms with Crippen molar-refractivity contribution in [3.05, 3.63) is 11.8 Å². The summed E-state index contributed by atoms with van der Waals surface area (Å²) in [5.41, 5.74) is 1.07. The minimum Gasteiger partial charge on any atom is -0.377 e. The molecule has 1 aromatic rings. The number of anilines is 1. The van der Waals surface area contributed by atoms with Crippen LogP contribution in [-0.4, -0.2) is 59.9 Å². The van der Waals surface area contributed by atoms with E-state index in [0.29, 0.717) is 0 Å². The van der Waals surface area contributed by atoms with Crippen LogP contribution in [0.5, 0.6) is 0 Å². The lowest BCUT2D eigenvalue weighted by Crippen LogP contribution is -2.52. The molecule has 0 saturated carbocycles. The van der Waals surface area contributed by atoms with Gasteiger partial charge in [-0.05, 0) is 26.2 Å². The number of hydrogen-bond acceptors (Lipinski definition) is 4. The van der Waals surface area contributed by atoms with Crippen molar-refractivity contribution in [3.63, 3.8) is 0 Å². The molecule has 3 rings (SSSR count). The molecule has 2 fully saturated rings. The van der Waals surface area contributed by atoms with Gasteiger partial charge in [-0.3, -0.25) is 9.89 Å². The molecule has 1 N–H and O–H groups in total. The normalized spacial score (nSPS) is 26.3. The SMILES string of the molecule is CC[C@@H]1OCCC[C@@H]1C(=O)N1CCN(c2cc(C)[nH]n2)CC1. The zero-order valence-corrected chi connectivity index (χ0v) is 13.5. The number of amides is 1. The molecule has 122 valence electrons. The summed E-state index contributed by atoms with van der Waals surface area (Å²) in [7, 11) is 0. The standard InChI is InChI=1S/C16H26N4O2/c1-3-14-13(5-4-10-22-14)16(21)20-8-6-19(7-9-20)15-11-12(2)17-18-15/h11,13-14H,3-10H2,1-2H3,(H,17,18)/t13-,14-/m0/s1. The molecule has 1 amide bonds. The topological polar surface area (TPSA) is 61.5 Å². The average molecular weight is 306 g/mol. The summed E-state index contributed by atoms with van der Waals surface area (Å²) in [6.07, 6.45) is 2.99. The van der Waals surface area contributed by atoms with Gasteiger partial charge < -0.3 is 14.5 Å². The minimum absolute atomic E-state index is 0.0536. The second kappa shape index (κ2) is 6.69. The van der Waals surface area contributed by atoms with Crippen LogP contribution in [0, 0.1) is 12.8 Å². The maximum Gasteiger partial charge on any atom is 0.228 e. The third-order valence-corrected chi connectivity index (χ3v) is 4.77. The number of nitrogens with zero attached hydrogens (tertiary/aromatic N) is 3. The fourth-order valence-electron chi connectivity index (χ4n) is 3.48. The first-order valence-corrected chi connectivity index (χ1v) is 8.36. The molecule has 22 heavy (non-hydrogen) atoms. The first-order valence-electron chi connectivity index (χ1n) is 8.36. The Morgan fingerprint density at radius 2 is 2.18 bits per heavy atom. The highest BCUT2D eigenvalue weighted by atomic mass is 16.5. The van der Waals surface area contributed by atoms with Gasteiger partial charge in [-0.15, -0.1) is 0 Å². The van der Waals surface area contributed by atoms with E-state index in [4.69, 9.17) is 4.74 Å². The largest absolute Gasteiger partial charge is 0.377 e. The van der Waals surface area contributed by atoms with Crippen LogP contribution < -0.4 is 4.90 Å². The quantitative estimate of drug-likeness (QED) is 0.921. The molecule has 0 bridgehead atoms. The Balaban J connectivity index is 1.57. The Labute approximate surface area is 131 Å². The lowest BCUT2D eigenvalue weighted by Gasteiger charge is -2.39. The van der Waals surface area contributed by atoms with E-state index in [9.17, 15) is 4.79 Å². The molecule has 2 aliphatic rings. The van der Waals surface area contributed by atoms with E-state index in [-0.39, 0.29) is 17.9 Å². The Hall–Kier alpha value is -1.56. The Morgan fingerprint density at radius 1 is 1.41 bits per heavy atom. The first-order chi connectivity index (χ1) is 10.7. The van der Waals surface area contributed by atoms with Crippen LogP contribution in [0.25, 0.3) is 0 Å². The van der Waals surface area contributed by atoms with Crippen molar-refractivity contribution in [2.24, 2.45) is 5.92 Å². The van der Waals surface area contributed by atoms with Crippen LogP contribution >= 0.6 is 0 Å². The van der Waals surface area contributed by atoms with E-state index < -0.39 is 0 Å². The Bertz CT molecular complexity index is 508. The number of piperazine rings is 1. The highest BCUT2D eigenvalue weighted by molar-refractivity contribution is 5.79. The molecule has 2 saturated heterocycles. The third kappa shape index (κ3) is 3.11. The van der Waals surface area contributed by atoms with Crippen molar-refractivity contribution in [3.8, 4) is 0 Å². The monoisotopic (exact) mass is 306 g/mol. The molecule has 6 nitrogen and oxygen atoms in total. The molecular weight excluding hydrogens is 280 g/mol. The summed E-state index contributed by atoms with van der Waals surface area (Å²) >= 11 is 0. The van der Waals surface area contributed by atoms with Gasteiger partial charge >= 0.3 is 0 Å². The van der Waals surface area contributed by atoms with Gasteiger partial charge in [-0.1, -0.05) is 6.92 Å². The second-order valence-electron chi connectivity index (χ2n) is 6.29. The number of hydrogen-bond donors (Lipinski definition) is 1. The van der Waals surface area contributed by atoms with Crippen LogP contribution in [0.3, 0.4) is 0 Å². The van der Waals surface area contributed by atoms with E-state index in [1.54, 1.807) is 0 Å². The fraction of sp³-hybridized carbons (Fsp3) is 0.750. The highest BCUT2D eigenvalue weighted by Crippen LogP contribution is 2.26. The number of aromatic nitrogens is 2. The lowest BCUT2D eigenvalue weighted by atomic mass is 9.91. The Kier molecular flexibility index (Phi) is 4.66. The van der Waals surface area contributed by atoms with Crippen molar-refractivity contribution < 1.29 is 9.53 Å². The summed E-state index contributed by atoms with van der Waals surface area (Å²) in [6, 6.07) is 2.06. The zero-order valence-electron chi connectivity index (χ0n) is 13.5. The van der Waals surface area contributed by atoms with Crippen molar-refractivity contribution in [1.82, 2.24) is 15.1 Å². The number of aromatic amines is 1. The number of H-pyrrole nitrogens is 1. The van der Waals surface area contributed by atoms with Gasteiger partial charge in [-0.25, -0.2) is 0 Å². The smallest absolute Gasteiger partial charge is 0.228 e. The van der Waals surface area contributed by atoms with Crippen molar-refractivity contribution >= 4 is 11.7 Å². The summed E-state index contributed by atoms with van der Waals surface area (Å²) in [4.78, 5) is 17.0. The Morgan fingerprint density at radius 3 is 2.82 bits per heavy atom. The first kappa shape index (κ1) is 15.3. The van der Waals surface area contributed by atoms with Gasteiger partial charge in [0.1, 0.15) is 0 Å². The molecule has 0 unspecified atom stereocenters. The van der Waals surface area contributed by atoms with E-state index in [2.05, 4.69) is 28.1 Å². The number of rotatable bonds is 3. The number of carbonyl (C=O) groups excluding carboxylic acids is 1. The average Bonchev–Trinajstić information content (AvgIpc) is 3.01. The van der Waals surface area contributed by atoms with Crippen molar-refractivity contribution in [2.45, 2.75) is 39.2 Å². The predicted molar refractivity (Wildman–Crippen MR) is 84.9 cm³/mol. The molecule has 0 spiro atoms. The number of nitrogens with one attached hydrogen (secondary N) is 1. The third-order valence-electron chi connectivity index (χ3n) is 4.77. The van der Waals surface area contributed by atoms with Gasteiger partial charge in [0.15, 0.2) is 5.82 Å². The van der Waals surface area contributed by atoms with Crippen LogP contribution in [0.1, 0.15) is 31.9 Å². The maximum atomic E-state index is 12.8. The van der Waals surface area contributed by atoms with Crippen LogP contribution in [-0.2, 0) is 9.53 Å². The second-order valence-corrected chi connectivity index (χ2v) is 6.29. The van der Waals surface area contributed by atoms with Gasteiger partial charge in [0, 0.05) is 44.5 Å². The number of ether oxygens (including phenoxy) is 1. The number of aryl methyl sites for hydroxylation is 1. The van der Waals surface area contributed by atoms with Gasteiger partial charge in [-0.2, -0.15) is 5.10 Å². The molecule has 2 aliphatic heterocycles. The van der Waals surface area contributed by atoms with Crippen molar-refractivity contribution in [1.29, 1.82) is 0 Å². The summed E-state index contributed by atoms with van der Waals surface area (Å²) in [5, 5.41) is 7.28. The van der Waals surface area contributed by atoms with Gasteiger partial charge in [0.25, 0.3) is 0 Å². The molecule has 0 aromatic carbocycles. The van der Waals surface area contributed by atoms with Gasteiger partial charge in [0.2, 0.25) is 5.91 Å². The number of carbonyl (C=O) groups is 1. The summed E-state index contributed by atoms with van der Waals surface area (Å²) in [6.45, 7) is 8.16. The fourth-order valence-corrected chi connectivity index (χ4v) is 3.48. The summed E-state index contributed by atoms with van der Waals surface area (Å²) in [5.74, 6) is 1.32. The zero-order chi connectivity index (χ0) is 15.5. The minimum atomic E-state index is 0.0536. The molecule has 3 heterocycles. The van der Waals surface area contributed by atoms with Crippen molar-refractivity contribution in [2.75, 3.05) is 37.7 Å². The van der Waals surface area contributed by atoms with E-state index >= 15 is 0 Å². The molecule has 2 atom stereocenters. The maximum absolute atomic E-state index is 12.8. The van der Waals surface area contributed by atoms with E-state index in [1.807, 2.05) is 11.8 Å². The molecule has 6 heteroatoms. The summed E-state index contributed by atoms with van der Waals surface area (Å²) < 4.78 is 5.77. The predicted octanol–water partition coefficient (Wildman–Crippen LogP) is 1.57. The van der Waals surface area contributed by atoms with Crippen LogP contribution in [0.2, 0.25) is 0 Å². The molecule has 0 aliphatic carbocycles.